The first-order valence-corrected chi connectivity index (χ1v) is 12.4. The Bertz CT molecular complexity index is 1380. The third-order valence-electron chi connectivity index (χ3n) is 5.49. The Balaban J connectivity index is 1.54. The number of thiazole rings is 1. The van der Waals surface area contributed by atoms with E-state index in [9.17, 15) is 4.79 Å². The Labute approximate surface area is 198 Å². The van der Waals surface area contributed by atoms with Crippen LogP contribution in [0.5, 0.6) is 0 Å². The molecule has 0 aliphatic heterocycles. The molecule has 1 amide bonds. The fourth-order valence-corrected chi connectivity index (χ4v) is 6.35. The van der Waals surface area contributed by atoms with Gasteiger partial charge in [0.05, 0.1) is 21.6 Å². The van der Waals surface area contributed by atoms with Crippen molar-refractivity contribution in [3.8, 4) is 0 Å². The van der Waals surface area contributed by atoms with Crippen molar-refractivity contribution in [1.29, 1.82) is 0 Å². The highest BCUT2D eigenvalue weighted by Gasteiger charge is 2.26. The summed E-state index contributed by atoms with van der Waals surface area (Å²) in [7, 11) is 0. The largest absolute Gasteiger partial charge is 0.337 e. The lowest BCUT2D eigenvalue weighted by molar-refractivity contribution is 0.0990. The van der Waals surface area contributed by atoms with E-state index in [2.05, 4.69) is 31.0 Å². The van der Waals surface area contributed by atoms with Gasteiger partial charge in [-0.25, -0.2) is 9.97 Å². The number of thiophene rings is 1. The van der Waals surface area contributed by atoms with E-state index in [0.29, 0.717) is 21.6 Å². The fourth-order valence-electron chi connectivity index (χ4n) is 3.75. The third-order valence-corrected chi connectivity index (χ3v) is 8.37. The number of aryl methyl sites for hydroxylation is 3. The second kappa shape index (κ2) is 8.65. The van der Waals surface area contributed by atoms with Gasteiger partial charge in [0.15, 0.2) is 5.13 Å². The summed E-state index contributed by atoms with van der Waals surface area (Å²) in [6.45, 7) is 5.45. The van der Waals surface area contributed by atoms with E-state index < -0.39 is 0 Å². The second-order valence-electron chi connectivity index (χ2n) is 7.73. The average Bonchev–Trinajstić information content (AvgIpc) is 3.53. The molecule has 0 radical (unpaired) electrons. The molecule has 162 valence electrons. The zero-order chi connectivity index (χ0) is 22.2. The molecule has 0 bridgehead atoms. The Morgan fingerprint density at radius 3 is 2.69 bits per heavy atom. The summed E-state index contributed by atoms with van der Waals surface area (Å²) in [4.78, 5) is 25.1. The van der Waals surface area contributed by atoms with Crippen molar-refractivity contribution >= 4 is 65.6 Å². The van der Waals surface area contributed by atoms with Gasteiger partial charge >= 0.3 is 0 Å². The molecule has 0 saturated heterocycles. The predicted molar refractivity (Wildman–Crippen MR) is 134 cm³/mol. The van der Waals surface area contributed by atoms with Crippen LogP contribution in [0.2, 0.25) is 5.02 Å². The van der Waals surface area contributed by atoms with Crippen molar-refractivity contribution in [2.24, 2.45) is 0 Å². The van der Waals surface area contributed by atoms with Gasteiger partial charge in [-0.1, -0.05) is 53.3 Å². The van der Waals surface area contributed by atoms with Crippen LogP contribution in [0.25, 0.3) is 20.3 Å². The smallest absolute Gasteiger partial charge is 0.271 e. The van der Waals surface area contributed by atoms with Gasteiger partial charge in [-0.15, -0.1) is 11.3 Å². The number of carbonyl (C=O) groups excluding carboxylic acids is 1. The van der Waals surface area contributed by atoms with E-state index in [0.717, 1.165) is 38.8 Å². The Morgan fingerprint density at radius 2 is 1.94 bits per heavy atom. The number of fused-ring (bicyclic) bond motifs is 2. The quantitative estimate of drug-likeness (QED) is 0.271. The molecule has 32 heavy (non-hydrogen) atoms. The summed E-state index contributed by atoms with van der Waals surface area (Å²) in [5, 5.41) is 2.14. The van der Waals surface area contributed by atoms with E-state index in [-0.39, 0.29) is 5.91 Å². The summed E-state index contributed by atoms with van der Waals surface area (Å²) < 4.78 is 4.15. The minimum absolute atomic E-state index is 0.101. The molecular formula is C24H21ClN4OS2. The predicted octanol–water partition coefficient (Wildman–Crippen LogP) is 6.71. The fraction of sp³-hybridized carbons (Fsp3) is 0.208. The molecule has 3 aromatic heterocycles. The minimum atomic E-state index is -0.101. The van der Waals surface area contributed by atoms with Crippen molar-refractivity contribution in [3.63, 3.8) is 0 Å². The molecule has 0 unspecified atom stereocenters. The number of hydrogen-bond acceptors (Lipinski definition) is 5. The molecule has 3 heterocycles. The first-order valence-electron chi connectivity index (χ1n) is 10.3. The highest BCUT2D eigenvalue weighted by molar-refractivity contribution is 7.23. The van der Waals surface area contributed by atoms with Gasteiger partial charge in [0, 0.05) is 35.6 Å². The Morgan fingerprint density at radius 1 is 1.12 bits per heavy atom. The molecule has 0 aliphatic carbocycles. The SMILES string of the molecule is Cc1ccc(C)c2sc(N(CCCn3ccnc3)C(=O)c3sc4ccccc4c3Cl)nc12. The van der Waals surface area contributed by atoms with Crippen LogP contribution in [0.4, 0.5) is 5.13 Å². The minimum Gasteiger partial charge on any atom is -0.337 e. The molecule has 0 saturated carbocycles. The van der Waals surface area contributed by atoms with Crippen LogP contribution in [0.3, 0.4) is 0 Å². The summed E-state index contributed by atoms with van der Waals surface area (Å²) in [5.41, 5.74) is 3.23. The molecule has 0 aliphatic rings. The van der Waals surface area contributed by atoms with Crippen LogP contribution in [-0.4, -0.2) is 27.0 Å². The normalized spacial score (nSPS) is 11.5. The monoisotopic (exact) mass is 480 g/mol. The zero-order valence-corrected chi connectivity index (χ0v) is 20.1. The molecular weight excluding hydrogens is 460 g/mol. The average molecular weight is 481 g/mol. The number of imidazole rings is 1. The lowest BCUT2D eigenvalue weighted by Crippen LogP contribution is -2.32. The van der Waals surface area contributed by atoms with Crippen LogP contribution in [0.15, 0.2) is 55.1 Å². The number of anilines is 1. The van der Waals surface area contributed by atoms with E-state index in [1.165, 1.54) is 16.9 Å². The maximum atomic E-state index is 13.8. The third kappa shape index (κ3) is 3.81. The number of hydrogen-bond donors (Lipinski definition) is 0. The van der Waals surface area contributed by atoms with Gasteiger partial charge in [0.2, 0.25) is 0 Å². The van der Waals surface area contributed by atoms with Crippen molar-refractivity contribution in [2.45, 2.75) is 26.8 Å². The summed E-state index contributed by atoms with van der Waals surface area (Å²) in [6, 6.07) is 12.0. The lowest BCUT2D eigenvalue weighted by Gasteiger charge is -2.19. The standard InChI is InChI=1S/C24H21ClN4OS2/c1-15-8-9-16(2)21-20(15)27-24(32-21)29(12-5-11-28-13-10-26-14-28)23(30)22-19(25)17-6-3-4-7-18(17)31-22/h3-4,6-10,13-14H,5,11-12H2,1-2H3. The van der Waals surface area contributed by atoms with Gasteiger partial charge in [0.25, 0.3) is 5.91 Å². The zero-order valence-electron chi connectivity index (χ0n) is 17.7. The van der Waals surface area contributed by atoms with Gasteiger partial charge < -0.3 is 4.57 Å². The maximum Gasteiger partial charge on any atom is 0.271 e. The molecule has 0 atom stereocenters. The van der Waals surface area contributed by atoms with Crippen molar-refractivity contribution in [2.75, 3.05) is 11.4 Å². The lowest BCUT2D eigenvalue weighted by atomic mass is 10.1. The molecule has 5 aromatic rings. The Hall–Kier alpha value is -2.74. The van der Waals surface area contributed by atoms with Crippen LogP contribution in [0.1, 0.15) is 27.2 Å². The molecule has 8 heteroatoms. The number of halogens is 1. The molecule has 5 rings (SSSR count). The van der Waals surface area contributed by atoms with E-state index in [1.807, 2.05) is 35.0 Å². The number of carbonyl (C=O) groups is 1. The second-order valence-corrected chi connectivity index (χ2v) is 10.1. The van der Waals surface area contributed by atoms with Gasteiger partial charge in [0.1, 0.15) is 4.88 Å². The van der Waals surface area contributed by atoms with Crippen molar-refractivity contribution in [1.82, 2.24) is 14.5 Å². The molecule has 2 aromatic carbocycles. The highest BCUT2D eigenvalue weighted by atomic mass is 35.5. The highest BCUT2D eigenvalue weighted by Crippen LogP contribution is 2.38. The number of amides is 1. The molecule has 0 spiro atoms. The van der Waals surface area contributed by atoms with E-state index in [4.69, 9.17) is 16.6 Å². The van der Waals surface area contributed by atoms with Crippen molar-refractivity contribution in [3.05, 3.63) is 76.1 Å². The summed E-state index contributed by atoms with van der Waals surface area (Å²) in [6.07, 6.45) is 6.26. The topological polar surface area (TPSA) is 51.0 Å². The van der Waals surface area contributed by atoms with Crippen LogP contribution < -0.4 is 4.90 Å². The van der Waals surface area contributed by atoms with Crippen LogP contribution >= 0.6 is 34.3 Å². The first kappa shape index (κ1) is 21.1. The molecule has 5 nitrogen and oxygen atoms in total. The van der Waals surface area contributed by atoms with Crippen LogP contribution in [0, 0.1) is 13.8 Å². The molecule has 0 fully saturated rings. The summed E-state index contributed by atoms with van der Waals surface area (Å²) >= 11 is 9.67. The van der Waals surface area contributed by atoms with Crippen molar-refractivity contribution < 1.29 is 4.79 Å². The van der Waals surface area contributed by atoms with Gasteiger partial charge in [-0.05, 0) is 37.5 Å². The van der Waals surface area contributed by atoms with E-state index in [1.54, 1.807) is 28.8 Å². The van der Waals surface area contributed by atoms with Gasteiger partial charge in [-0.3, -0.25) is 9.69 Å². The number of aromatic nitrogens is 3. The molecule has 0 N–H and O–H groups in total. The number of nitrogens with zero attached hydrogens (tertiary/aromatic N) is 4. The summed E-state index contributed by atoms with van der Waals surface area (Å²) in [5.74, 6) is -0.101. The van der Waals surface area contributed by atoms with Gasteiger partial charge in [-0.2, -0.15) is 0 Å². The maximum absolute atomic E-state index is 13.8. The number of rotatable bonds is 6. The van der Waals surface area contributed by atoms with Crippen LogP contribution in [-0.2, 0) is 6.54 Å². The number of benzene rings is 2. The first-order chi connectivity index (χ1) is 15.5. The van der Waals surface area contributed by atoms with E-state index >= 15 is 0 Å². The Kier molecular flexibility index (Phi) is 5.71.